The summed E-state index contributed by atoms with van der Waals surface area (Å²) in [5.74, 6) is -0.283. The summed E-state index contributed by atoms with van der Waals surface area (Å²) in [5, 5.41) is 9.40. The predicted molar refractivity (Wildman–Crippen MR) is 67.9 cm³/mol. The van der Waals surface area contributed by atoms with Gasteiger partial charge in [-0.15, -0.1) is 0 Å². The van der Waals surface area contributed by atoms with Gasteiger partial charge >= 0.3 is 5.97 Å². The van der Waals surface area contributed by atoms with Crippen molar-refractivity contribution in [3.8, 4) is 0 Å². The van der Waals surface area contributed by atoms with Crippen LogP contribution >= 0.6 is 7.14 Å². The Balaban J connectivity index is 2.49. The van der Waals surface area contributed by atoms with Gasteiger partial charge in [-0.3, -0.25) is 4.79 Å². The third-order valence-electron chi connectivity index (χ3n) is 4.14. The number of carbonyl (C=O) groups is 1. The van der Waals surface area contributed by atoms with Gasteiger partial charge in [-0.2, -0.15) is 0 Å². The van der Waals surface area contributed by atoms with Crippen molar-refractivity contribution in [3.63, 3.8) is 0 Å². The lowest BCUT2D eigenvalue weighted by Crippen LogP contribution is -2.31. The summed E-state index contributed by atoms with van der Waals surface area (Å²) >= 11 is 0. The molecule has 0 aromatic heterocycles. The Morgan fingerprint density at radius 2 is 2.00 bits per heavy atom. The van der Waals surface area contributed by atoms with E-state index in [0.717, 1.165) is 19.3 Å². The first kappa shape index (κ1) is 14.7. The van der Waals surface area contributed by atoms with Crippen molar-refractivity contribution in [3.05, 3.63) is 0 Å². The minimum Gasteiger partial charge on any atom is -0.469 e. The molecule has 1 aliphatic heterocycles. The van der Waals surface area contributed by atoms with Crippen LogP contribution in [0.4, 0.5) is 0 Å². The zero-order valence-corrected chi connectivity index (χ0v) is 11.7. The maximum absolute atomic E-state index is 12.5. The molecule has 17 heavy (non-hydrogen) atoms. The molecular weight excluding hydrogens is 239 g/mol. The highest BCUT2D eigenvalue weighted by Crippen LogP contribution is 2.55. The van der Waals surface area contributed by atoms with Crippen LogP contribution in [0, 0.1) is 5.41 Å². The van der Waals surface area contributed by atoms with E-state index < -0.39 is 7.14 Å². The Kier molecular flexibility index (Phi) is 5.21. The number of hydrogen-bond acceptors (Lipinski definition) is 4. The normalized spacial score (nSPS) is 33.4. The fraction of sp³-hybridized carbons (Fsp3) is 0.917. The van der Waals surface area contributed by atoms with Gasteiger partial charge in [-0.1, -0.05) is 6.92 Å². The molecule has 0 saturated carbocycles. The van der Waals surface area contributed by atoms with Crippen LogP contribution in [0.15, 0.2) is 0 Å². The van der Waals surface area contributed by atoms with Crippen LogP contribution in [0.3, 0.4) is 0 Å². The molecule has 1 fully saturated rings. The molecule has 0 aromatic rings. The highest BCUT2D eigenvalue weighted by atomic mass is 31.2. The van der Waals surface area contributed by atoms with Crippen molar-refractivity contribution >= 4 is 13.1 Å². The Hall–Kier alpha value is -0.340. The Labute approximate surface area is 103 Å². The molecular formula is C12H23O4P. The van der Waals surface area contributed by atoms with Gasteiger partial charge in [0, 0.05) is 25.1 Å². The van der Waals surface area contributed by atoms with E-state index in [-0.39, 0.29) is 24.4 Å². The minimum atomic E-state index is -2.20. The molecule has 4 nitrogen and oxygen atoms in total. The molecule has 0 aliphatic carbocycles. The van der Waals surface area contributed by atoms with Crippen LogP contribution < -0.4 is 0 Å². The van der Waals surface area contributed by atoms with Crippen molar-refractivity contribution in [1.29, 1.82) is 0 Å². The molecule has 1 aliphatic rings. The number of methoxy groups -OCH3 is 1. The second-order valence-corrected chi connectivity index (χ2v) is 8.52. The highest BCUT2D eigenvalue weighted by Gasteiger charge is 2.38. The van der Waals surface area contributed by atoms with Crippen molar-refractivity contribution in [2.75, 3.05) is 32.2 Å². The van der Waals surface area contributed by atoms with Crippen LogP contribution in [0.1, 0.15) is 32.6 Å². The summed E-state index contributed by atoms with van der Waals surface area (Å²) in [5.41, 5.74) is -0.0286. The summed E-state index contributed by atoms with van der Waals surface area (Å²) in [6.45, 7) is 2.25. The van der Waals surface area contributed by atoms with Gasteiger partial charge < -0.3 is 14.4 Å². The quantitative estimate of drug-likeness (QED) is 0.608. The summed E-state index contributed by atoms with van der Waals surface area (Å²) in [6.07, 6.45) is 4.62. The number of rotatable bonds is 5. The number of carbonyl (C=O) groups excluding carboxylic acids is 1. The van der Waals surface area contributed by atoms with Crippen molar-refractivity contribution in [2.24, 2.45) is 5.41 Å². The van der Waals surface area contributed by atoms with Gasteiger partial charge in [0.25, 0.3) is 0 Å². The third kappa shape index (κ3) is 3.82. The number of hydrogen-bond donors (Lipinski definition) is 1. The standard InChI is InChI=1S/C12H23O4P/c1-3-12(10-13)5-8-17(15,9-6-12)7-4-11(14)16-2/h13H,3-10H2,1-2H3. The van der Waals surface area contributed by atoms with Gasteiger partial charge in [0.1, 0.15) is 0 Å². The molecule has 0 atom stereocenters. The average molecular weight is 262 g/mol. The van der Waals surface area contributed by atoms with Gasteiger partial charge in [-0.25, -0.2) is 0 Å². The number of esters is 1. The fourth-order valence-corrected chi connectivity index (χ4v) is 5.39. The molecule has 1 saturated heterocycles. The van der Waals surface area contributed by atoms with E-state index in [1.54, 1.807) is 0 Å². The molecule has 0 unspecified atom stereocenters. The molecule has 0 radical (unpaired) electrons. The van der Waals surface area contributed by atoms with E-state index in [1.165, 1.54) is 7.11 Å². The molecule has 0 bridgehead atoms. The number of ether oxygens (including phenoxy) is 1. The van der Waals surface area contributed by atoms with Crippen molar-refractivity contribution in [2.45, 2.75) is 32.6 Å². The maximum Gasteiger partial charge on any atom is 0.305 e. The molecule has 100 valence electrons. The zero-order valence-electron chi connectivity index (χ0n) is 10.8. The van der Waals surface area contributed by atoms with Crippen LogP contribution in [-0.4, -0.2) is 43.3 Å². The lowest BCUT2D eigenvalue weighted by molar-refractivity contribution is -0.140. The van der Waals surface area contributed by atoms with Crippen molar-refractivity contribution < 1.29 is 19.2 Å². The van der Waals surface area contributed by atoms with Crippen LogP contribution in [0.25, 0.3) is 0 Å². The Morgan fingerprint density at radius 1 is 1.41 bits per heavy atom. The molecule has 0 aromatic carbocycles. The van der Waals surface area contributed by atoms with E-state index in [0.29, 0.717) is 18.5 Å². The molecule has 0 amide bonds. The van der Waals surface area contributed by atoms with Gasteiger partial charge in [-0.05, 0) is 24.7 Å². The highest BCUT2D eigenvalue weighted by molar-refractivity contribution is 7.64. The smallest absolute Gasteiger partial charge is 0.305 e. The van der Waals surface area contributed by atoms with Gasteiger partial charge in [0.15, 0.2) is 0 Å². The fourth-order valence-electron chi connectivity index (χ4n) is 2.36. The Morgan fingerprint density at radius 3 is 2.41 bits per heavy atom. The summed E-state index contributed by atoms with van der Waals surface area (Å²) in [4.78, 5) is 11.1. The predicted octanol–water partition coefficient (Wildman–Crippen LogP) is 2.10. The monoisotopic (exact) mass is 262 g/mol. The molecule has 0 spiro atoms. The summed E-state index contributed by atoms with van der Waals surface area (Å²) < 4.78 is 17.1. The summed E-state index contributed by atoms with van der Waals surface area (Å²) in [6, 6.07) is 0. The van der Waals surface area contributed by atoms with Crippen LogP contribution in [0.2, 0.25) is 0 Å². The number of aliphatic hydroxyl groups is 1. The lowest BCUT2D eigenvalue weighted by atomic mass is 9.80. The van der Waals surface area contributed by atoms with Gasteiger partial charge in [0.2, 0.25) is 0 Å². The largest absolute Gasteiger partial charge is 0.469 e. The van der Waals surface area contributed by atoms with E-state index in [1.807, 2.05) is 0 Å². The first-order valence-corrected chi connectivity index (χ1v) is 8.50. The van der Waals surface area contributed by atoms with E-state index in [4.69, 9.17) is 0 Å². The molecule has 1 rings (SSSR count). The molecule has 1 N–H and O–H groups in total. The third-order valence-corrected chi connectivity index (χ3v) is 7.25. The second kappa shape index (κ2) is 6.01. The zero-order chi connectivity index (χ0) is 12.9. The first-order valence-electron chi connectivity index (χ1n) is 6.24. The van der Waals surface area contributed by atoms with E-state index >= 15 is 0 Å². The molecule has 1 heterocycles. The lowest BCUT2D eigenvalue weighted by Gasteiger charge is -2.38. The topological polar surface area (TPSA) is 63.6 Å². The van der Waals surface area contributed by atoms with Gasteiger partial charge in [0.05, 0.1) is 20.7 Å². The minimum absolute atomic E-state index is 0.0286. The average Bonchev–Trinajstić information content (AvgIpc) is 2.38. The SMILES string of the molecule is CCC1(CO)CCP(=O)(CCC(=O)OC)CC1. The van der Waals surface area contributed by atoms with Crippen molar-refractivity contribution in [1.82, 2.24) is 0 Å². The van der Waals surface area contributed by atoms with Crippen LogP contribution in [0.5, 0.6) is 0 Å². The number of aliphatic hydroxyl groups excluding tert-OH is 1. The van der Waals surface area contributed by atoms with E-state index in [2.05, 4.69) is 11.7 Å². The Bertz CT molecular complexity index is 296. The van der Waals surface area contributed by atoms with E-state index in [9.17, 15) is 14.5 Å². The second-order valence-electron chi connectivity index (χ2n) is 5.07. The first-order chi connectivity index (χ1) is 7.99. The maximum atomic E-state index is 12.5. The molecule has 5 heteroatoms. The summed E-state index contributed by atoms with van der Waals surface area (Å²) in [7, 11) is -0.845. The van der Waals surface area contributed by atoms with Crippen LogP contribution in [-0.2, 0) is 14.1 Å².